The number of nitrogens with zero attached hydrogens (tertiary/aromatic N) is 4. The number of aromatic carboxylic acids is 2. The number of ether oxygens (including phenoxy) is 6. The number of nitrogens with one attached hydrogen (secondary N) is 6. The second-order valence-electron chi connectivity index (χ2n) is 26.7. The molecule has 4 heterocycles. The lowest BCUT2D eigenvalue weighted by Gasteiger charge is -2.16. The third-order valence-corrected chi connectivity index (χ3v) is 21.4. The van der Waals surface area contributed by atoms with Crippen molar-refractivity contribution in [1.82, 2.24) is 41.2 Å². The van der Waals surface area contributed by atoms with Crippen LogP contribution in [0.1, 0.15) is 156 Å². The van der Waals surface area contributed by atoms with Gasteiger partial charge in [0.05, 0.1) is 101 Å². The Morgan fingerprint density at radius 1 is 0.356 bits per heavy atom. The molecule has 17 N–H and O–H groups in total. The summed E-state index contributed by atoms with van der Waals surface area (Å²) >= 11 is 0. The molecule has 0 aliphatic rings. The van der Waals surface area contributed by atoms with Crippen LogP contribution in [0.3, 0.4) is 0 Å². The van der Waals surface area contributed by atoms with Gasteiger partial charge in [-0.05, 0) is 153 Å². The first kappa shape index (κ1) is 108. The van der Waals surface area contributed by atoms with Crippen LogP contribution in [0.25, 0.3) is 0 Å². The van der Waals surface area contributed by atoms with E-state index in [9.17, 15) is 61.9 Å². The standard InChI is InChI=1S/C28H34N5O7P.C23H22N4O5.C17H16N2O6.C8H9NO3.C8H9NO2.C6H16NO3P/c1-3-39-41(37,40-4-2)16-15-30-27(35)25-14-11-21(18-31-25)19-38-28(36)32-17-20-9-12-22(13-10-20)26(34)33-24-8-6-5-7-23(24)29;1-31-22(29)20-11-8-16(13-25-20)14-32-23(30)26-12-15-6-9-17(10-7-15)21(28)27-19-5-3-2-4-18(19)24;1-24-16(22)14-7-4-12(9-18-14)10-25-17(23)19-8-11-2-5-13(6-3-11)15(20)21;1-12-8(11)7-3-2-6(5-10)4-9-7;9-5-6-1-3-7(4-2-6)8(10)11;1-3-9-11(8,6-5-7)10-4-2/h5-14,18H,3-4,15-17,19,29H2,1-2H3,(H,30,35)(H,32,36)(H,33,34);2-11,13H,12,14,24H2,1H3,(H,26,30)(H,27,28);2-7,9H,8,10H2,1H3,(H,19,23)(H,20,21);2-4,10H,5H2,1H3;1-4H,5,9H2,(H,10,11);3-7H2,1-2H3. The molecule has 0 fully saturated rings. The summed E-state index contributed by atoms with van der Waals surface area (Å²) in [6, 6.07) is 52.6. The maximum absolute atomic E-state index is 12.5. The van der Waals surface area contributed by atoms with E-state index in [2.05, 4.69) is 66.0 Å². The molecule has 0 aliphatic carbocycles. The van der Waals surface area contributed by atoms with Gasteiger partial charge in [-0.2, -0.15) is 0 Å². The molecule has 0 unspecified atom stereocenters. The Balaban J connectivity index is 0.000000301. The highest BCUT2D eigenvalue weighted by Gasteiger charge is 2.25. The maximum atomic E-state index is 12.5. The molecule has 702 valence electrons. The van der Waals surface area contributed by atoms with E-state index in [1.165, 1.54) is 82.5 Å². The third kappa shape index (κ3) is 39.9. The Labute approximate surface area is 760 Å². The fourth-order valence-electron chi connectivity index (χ4n) is 10.4. The number of aromatic nitrogens is 4. The van der Waals surface area contributed by atoms with Gasteiger partial charge in [0.2, 0.25) is 0 Å². The van der Waals surface area contributed by atoms with Gasteiger partial charge in [0, 0.05) is 91.9 Å². The van der Waals surface area contributed by atoms with Gasteiger partial charge in [0.15, 0.2) is 0 Å². The number of hydrogen-bond donors (Lipinski definition) is 13. The minimum Gasteiger partial charge on any atom is -0.478 e. The van der Waals surface area contributed by atoms with E-state index in [1.807, 2.05) is 0 Å². The molecule has 0 saturated carbocycles. The van der Waals surface area contributed by atoms with Crippen LogP contribution in [0.2, 0.25) is 0 Å². The smallest absolute Gasteiger partial charge is 0.407 e. The molecule has 6 aromatic carbocycles. The molecular formula is C90H106N14O26P2. The number of amides is 6. The number of methoxy groups -OCH3 is 3. The van der Waals surface area contributed by atoms with E-state index >= 15 is 0 Å². The number of rotatable bonds is 37. The number of carbonyl (C=O) groups excluding carboxylic acids is 9. The number of alkyl carbamates (subject to hydrolysis) is 3. The van der Waals surface area contributed by atoms with Crippen molar-refractivity contribution < 1.29 is 124 Å². The lowest BCUT2D eigenvalue weighted by Crippen LogP contribution is -2.27. The summed E-state index contributed by atoms with van der Waals surface area (Å²) in [5, 5.41) is 42.0. The fourth-order valence-corrected chi connectivity index (χ4v) is 13.3. The number of esters is 3. The summed E-state index contributed by atoms with van der Waals surface area (Å²) < 4.78 is 73.2. The first-order valence-corrected chi connectivity index (χ1v) is 43.8. The molecule has 0 saturated heterocycles. The highest BCUT2D eigenvalue weighted by atomic mass is 31.2. The van der Waals surface area contributed by atoms with Gasteiger partial charge in [-0.25, -0.2) is 53.3 Å². The highest BCUT2D eigenvalue weighted by Crippen LogP contribution is 2.48. The quantitative estimate of drug-likeness (QED) is 0.00744. The van der Waals surface area contributed by atoms with Gasteiger partial charge < -0.3 is 117 Å². The number of para-hydroxylation sites is 4. The maximum Gasteiger partial charge on any atom is 0.407 e. The topological polar surface area (TPSA) is 603 Å². The zero-order chi connectivity index (χ0) is 96.8. The van der Waals surface area contributed by atoms with Crippen LogP contribution in [0, 0.1) is 0 Å². The first-order valence-electron chi connectivity index (χ1n) is 40.3. The fraction of sp³-hybridized carbons (Fsp3) is 0.256. The summed E-state index contributed by atoms with van der Waals surface area (Å²) in [5.41, 5.74) is 32.2. The minimum absolute atomic E-state index is 0.00175. The van der Waals surface area contributed by atoms with Crippen LogP contribution >= 0.6 is 15.2 Å². The number of carbonyl (C=O) groups is 11. The number of nitrogens with two attached hydrogens (primary N) is 4. The normalized spacial score (nSPS) is 10.4. The van der Waals surface area contributed by atoms with Gasteiger partial charge >= 0.3 is 63.3 Å². The van der Waals surface area contributed by atoms with Crippen molar-refractivity contribution in [2.45, 2.75) is 80.3 Å². The van der Waals surface area contributed by atoms with E-state index in [1.54, 1.807) is 185 Å². The molecule has 10 rings (SSSR count). The summed E-state index contributed by atoms with van der Waals surface area (Å²) in [6.45, 7) is 9.67. The molecular weight excluding hydrogens is 1760 g/mol. The minimum atomic E-state index is -3.25. The van der Waals surface area contributed by atoms with Crippen molar-refractivity contribution in [2.75, 3.05) is 95.3 Å². The molecule has 6 amide bonds. The first-order chi connectivity index (χ1) is 63.4. The van der Waals surface area contributed by atoms with Gasteiger partial charge in [-0.3, -0.25) is 28.5 Å². The molecule has 0 spiro atoms. The van der Waals surface area contributed by atoms with E-state index < -0.39 is 69.2 Å². The van der Waals surface area contributed by atoms with E-state index in [0.29, 0.717) is 94.2 Å². The summed E-state index contributed by atoms with van der Waals surface area (Å²) in [5.74, 6) is -4.50. The van der Waals surface area contributed by atoms with E-state index in [-0.39, 0.29) is 112 Å². The number of benzene rings is 6. The largest absolute Gasteiger partial charge is 0.478 e. The zero-order valence-electron chi connectivity index (χ0n) is 73.3. The molecule has 132 heavy (non-hydrogen) atoms. The SMILES string of the molecule is CCOP(=O)(CCN)OCC.CCOP(=O)(CCNC(=O)c1ccc(COC(=O)NCc2ccc(C(=O)Nc3ccccc3N)cc2)cn1)OCC.COC(=O)c1ccc(CO)cn1.COC(=O)c1ccc(COC(=O)NCc2ccc(C(=O)Nc3ccccc3N)cc2)cn1.COC(=O)c1ccc(COC(=O)NCc2ccc(C(=O)O)cc2)cn1.NCc1ccc(C(=O)O)cc1. The molecule has 0 radical (unpaired) electrons. The Morgan fingerprint density at radius 2 is 0.652 bits per heavy atom. The van der Waals surface area contributed by atoms with Crippen molar-refractivity contribution in [3.63, 3.8) is 0 Å². The van der Waals surface area contributed by atoms with E-state index in [4.69, 9.17) is 70.6 Å². The number of anilines is 4. The summed E-state index contributed by atoms with van der Waals surface area (Å²) in [6.07, 6.45) is 4.20. The van der Waals surface area contributed by atoms with Crippen molar-refractivity contribution >= 4 is 104 Å². The molecule has 0 aliphatic heterocycles. The molecule has 42 heteroatoms. The second kappa shape index (κ2) is 58.7. The number of aliphatic hydroxyl groups excluding tert-OH is 1. The van der Waals surface area contributed by atoms with Gasteiger partial charge in [0.1, 0.15) is 42.6 Å². The van der Waals surface area contributed by atoms with Crippen molar-refractivity contribution in [3.8, 4) is 0 Å². The average molecular weight is 1860 g/mol. The molecule has 0 atom stereocenters. The van der Waals surface area contributed by atoms with Gasteiger partial charge in [0.25, 0.3) is 17.7 Å². The van der Waals surface area contributed by atoms with Crippen LogP contribution in [0.5, 0.6) is 0 Å². The lowest BCUT2D eigenvalue weighted by molar-refractivity contribution is 0.0585. The third-order valence-electron chi connectivity index (χ3n) is 17.2. The lowest BCUT2D eigenvalue weighted by atomic mass is 10.1. The van der Waals surface area contributed by atoms with Gasteiger partial charge in [-0.1, -0.05) is 97.1 Å². The predicted molar refractivity (Wildman–Crippen MR) is 486 cm³/mol. The van der Waals surface area contributed by atoms with Crippen LogP contribution in [-0.4, -0.2) is 174 Å². The summed E-state index contributed by atoms with van der Waals surface area (Å²) in [4.78, 5) is 143. The Hall–Kier alpha value is -14.7. The Bertz CT molecular complexity index is 5410. The van der Waals surface area contributed by atoms with Gasteiger partial charge in [-0.15, -0.1) is 0 Å². The van der Waals surface area contributed by atoms with E-state index in [0.717, 1.165) is 22.3 Å². The monoisotopic (exact) mass is 1860 g/mol. The Kier molecular flexibility index (Phi) is 47.9. The summed E-state index contributed by atoms with van der Waals surface area (Å²) in [7, 11) is -2.26. The van der Waals surface area contributed by atoms with Crippen LogP contribution < -0.4 is 54.8 Å². The van der Waals surface area contributed by atoms with Crippen molar-refractivity contribution in [3.05, 3.63) is 308 Å². The number of aliphatic hydroxyl groups is 1. The van der Waals surface area contributed by atoms with Crippen molar-refractivity contribution in [1.29, 1.82) is 0 Å². The van der Waals surface area contributed by atoms with Crippen LogP contribution in [0.15, 0.2) is 219 Å². The molecule has 0 bridgehead atoms. The number of pyridine rings is 4. The Morgan fingerprint density at radius 3 is 0.932 bits per heavy atom. The average Bonchev–Trinajstić information content (AvgIpc) is 0.855. The molecule has 10 aromatic rings. The van der Waals surface area contributed by atoms with Crippen LogP contribution in [-0.2, 0) is 108 Å². The number of nitrogen functional groups attached to an aromatic ring is 2. The number of carboxylic acid groups (broad SMARTS) is 2. The zero-order valence-corrected chi connectivity index (χ0v) is 75.1. The number of hydrogen-bond acceptors (Lipinski definition) is 32. The predicted octanol–water partition coefficient (Wildman–Crippen LogP) is 11.9. The molecule has 40 nitrogen and oxygen atoms in total. The highest BCUT2D eigenvalue weighted by molar-refractivity contribution is 7.54. The van der Waals surface area contributed by atoms with Crippen LogP contribution in [0.4, 0.5) is 37.1 Å². The number of carboxylic acids is 2. The second-order valence-corrected chi connectivity index (χ2v) is 31.1. The van der Waals surface area contributed by atoms with Crippen molar-refractivity contribution in [2.24, 2.45) is 11.5 Å². The molecule has 4 aromatic heterocycles.